The Labute approximate surface area is 112 Å². The van der Waals surface area contributed by atoms with Crippen LogP contribution in [0.2, 0.25) is 5.02 Å². The van der Waals surface area contributed by atoms with Gasteiger partial charge in [-0.15, -0.1) is 0 Å². The second-order valence-corrected chi connectivity index (χ2v) is 7.41. The molecule has 0 saturated heterocycles. The summed E-state index contributed by atoms with van der Waals surface area (Å²) in [5.41, 5.74) is 0.758. The zero-order valence-electron chi connectivity index (χ0n) is 9.33. The lowest BCUT2D eigenvalue weighted by atomic mass is 10.2. The van der Waals surface area contributed by atoms with Crippen molar-refractivity contribution >= 4 is 44.7 Å². The van der Waals surface area contributed by atoms with Crippen molar-refractivity contribution in [2.75, 3.05) is 0 Å². The van der Waals surface area contributed by atoms with Gasteiger partial charge in [0.2, 0.25) is 0 Å². The first-order valence-corrected chi connectivity index (χ1v) is 7.00. The fourth-order valence-corrected chi connectivity index (χ4v) is 1.96. The van der Waals surface area contributed by atoms with E-state index in [1.165, 1.54) is 0 Å². The van der Waals surface area contributed by atoms with Crippen LogP contribution in [0, 0.1) is 0 Å². The molecule has 88 valence electrons. The Morgan fingerprint density at radius 3 is 2.62 bits per heavy atom. The molecule has 0 bridgehead atoms. The third-order valence-corrected chi connectivity index (χ3v) is 4.45. The van der Waals surface area contributed by atoms with E-state index in [4.69, 9.17) is 11.6 Å². The second kappa shape index (κ2) is 5.43. The summed E-state index contributed by atoms with van der Waals surface area (Å²) in [4.78, 5) is 0. The Morgan fingerprint density at radius 2 is 2.06 bits per heavy atom. The topological polar surface area (TPSA) is 29.4 Å². The van der Waals surface area contributed by atoms with Gasteiger partial charge in [0.05, 0.1) is 9.77 Å². The number of halogens is 2. The standard InChI is InChI=1S/C11H13BrClNOS/c1-11(2,3)16(15)14-7-8-5-4-6-9(12)10(8)13/h4-7H,1-3H3/b14-7+/t16-/m1/s1. The van der Waals surface area contributed by atoms with Crippen LogP contribution in [-0.4, -0.2) is 15.2 Å². The van der Waals surface area contributed by atoms with Crippen molar-refractivity contribution < 1.29 is 4.21 Å². The third-order valence-electron chi connectivity index (χ3n) is 1.79. The molecule has 0 radical (unpaired) electrons. The van der Waals surface area contributed by atoms with Gasteiger partial charge >= 0.3 is 0 Å². The van der Waals surface area contributed by atoms with Gasteiger partial charge in [-0.2, -0.15) is 4.40 Å². The van der Waals surface area contributed by atoms with Crippen LogP contribution in [-0.2, 0) is 11.0 Å². The summed E-state index contributed by atoms with van der Waals surface area (Å²) in [5, 5.41) is 0.581. The molecule has 5 heteroatoms. The number of hydrogen-bond acceptors (Lipinski definition) is 1. The smallest absolute Gasteiger partial charge is 0.144 e. The van der Waals surface area contributed by atoms with Crippen LogP contribution in [0.5, 0.6) is 0 Å². The van der Waals surface area contributed by atoms with Crippen molar-refractivity contribution in [1.29, 1.82) is 0 Å². The molecule has 0 heterocycles. The zero-order valence-corrected chi connectivity index (χ0v) is 12.5. The summed E-state index contributed by atoms with van der Waals surface area (Å²) in [6, 6.07) is 5.54. The van der Waals surface area contributed by atoms with E-state index in [-0.39, 0.29) is 4.75 Å². The average molecular weight is 323 g/mol. The van der Waals surface area contributed by atoms with E-state index in [9.17, 15) is 4.21 Å². The number of benzene rings is 1. The quantitative estimate of drug-likeness (QED) is 0.757. The molecule has 0 unspecified atom stereocenters. The van der Waals surface area contributed by atoms with E-state index in [0.29, 0.717) is 5.02 Å². The highest BCUT2D eigenvalue weighted by molar-refractivity contribution is 9.10. The number of hydrogen-bond donors (Lipinski definition) is 0. The summed E-state index contributed by atoms with van der Waals surface area (Å²) >= 11 is 9.38. The third kappa shape index (κ3) is 3.68. The molecule has 2 nitrogen and oxygen atoms in total. The molecule has 0 amide bonds. The fraction of sp³-hybridized carbons (Fsp3) is 0.364. The van der Waals surface area contributed by atoms with Crippen molar-refractivity contribution in [1.82, 2.24) is 0 Å². The van der Waals surface area contributed by atoms with Gasteiger partial charge in [-0.1, -0.05) is 23.7 Å². The van der Waals surface area contributed by atoms with E-state index in [1.54, 1.807) is 6.21 Å². The molecule has 16 heavy (non-hydrogen) atoms. The molecular formula is C11H13BrClNOS. The molecule has 0 aliphatic rings. The minimum Gasteiger partial charge on any atom is -0.234 e. The average Bonchev–Trinajstić information content (AvgIpc) is 2.18. The summed E-state index contributed by atoms with van der Waals surface area (Å²) in [5.74, 6) is 0. The van der Waals surface area contributed by atoms with Gasteiger partial charge in [-0.05, 0) is 42.8 Å². The Balaban J connectivity index is 2.94. The van der Waals surface area contributed by atoms with Crippen LogP contribution in [0.4, 0.5) is 0 Å². The molecule has 0 aromatic heterocycles. The van der Waals surface area contributed by atoms with Crippen LogP contribution in [0.3, 0.4) is 0 Å². The molecule has 1 atom stereocenters. The van der Waals surface area contributed by atoms with E-state index in [1.807, 2.05) is 39.0 Å². The maximum Gasteiger partial charge on any atom is 0.144 e. The van der Waals surface area contributed by atoms with E-state index in [2.05, 4.69) is 20.3 Å². The van der Waals surface area contributed by atoms with Crippen molar-refractivity contribution in [3.63, 3.8) is 0 Å². The van der Waals surface area contributed by atoms with Crippen LogP contribution in [0.1, 0.15) is 26.3 Å². The Morgan fingerprint density at radius 1 is 1.44 bits per heavy atom. The van der Waals surface area contributed by atoms with Crippen LogP contribution in [0.15, 0.2) is 27.1 Å². The van der Waals surface area contributed by atoms with Crippen molar-refractivity contribution in [3.8, 4) is 0 Å². The highest BCUT2D eigenvalue weighted by Gasteiger charge is 2.18. The molecule has 1 aromatic rings. The zero-order chi connectivity index (χ0) is 12.3. The van der Waals surface area contributed by atoms with Crippen LogP contribution < -0.4 is 0 Å². The van der Waals surface area contributed by atoms with E-state index < -0.39 is 11.0 Å². The second-order valence-electron chi connectivity index (χ2n) is 4.24. The first-order valence-electron chi connectivity index (χ1n) is 4.72. The van der Waals surface area contributed by atoms with Crippen LogP contribution in [0.25, 0.3) is 0 Å². The number of rotatable bonds is 2. The van der Waals surface area contributed by atoms with Gasteiger partial charge in [-0.3, -0.25) is 0 Å². The highest BCUT2D eigenvalue weighted by atomic mass is 79.9. The largest absolute Gasteiger partial charge is 0.234 e. The van der Waals surface area contributed by atoms with Gasteiger partial charge in [0.15, 0.2) is 0 Å². The normalized spacial score (nSPS) is 14.3. The summed E-state index contributed by atoms with van der Waals surface area (Å²) in [6.07, 6.45) is 1.55. The molecule has 0 spiro atoms. The summed E-state index contributed by atoms with van der Waals surface area (Å²) in [7, 11) is -1.26. The van der Waals surface area contributed by atoms with Gasteiger partial charge in [-0.25, -0.2) is 4.21 Å². The Bertz CT molecular complexity index is 440. The van der Waals surface area contributed by atoms with Crippen LogP contribution >= 0.6 is 27.5 Å². The molecule has 0 fully saturated rings. The van der Waals surface area contributed by atoms with Crippen molar-refractivity contribution in [2.45, 2.75) is 25.5 Å². The SMILES string of the molecule is CC(C)(C)[S@@](=O)/N=C/c1cccc(Br)c1Cl. The fourth-order valence-electron chi connectivity index (χ4n) is 0.883. The monoisotopic (exact) mass is 321 g/mol. The molecule has 0 N–H and O–H groups in total. The molecule has 0 aliphatic heterocycles. The lowest BCUT2D eigenvalue weighted by Gasteiger charge is -2.12. The maximum atomic E-state index is 11.7. The molecule has 1 rings (SSSR count). The number of nitrogens with zero attached hydrogens (tertiary/aromatic N) is 1. The Hall–Kier alpha value is -0.190. The first kappa shape index (κ1) is 13.9. The minimum absolute atomic E-state index is 0.352. The maximum absolute atomic E-state index is 11.7. The molecule has 1 aromatic carbocycles. The van der Waals surface area contributed by atoms with Gasteiger partial charge in [0.25, 0.3) is 0 Å². The summed E-state index contributed by atoms with van der Waals surface area (Å²) < 4.78 is 16.2. The highest BCUT2D eigenvalue weighted by Crippen LogP contribution is 2.25. The van der Waals surface area contributed by atoms with Crippen molar-refractivity contribution in [2.24, 2.45) is 4.40 Å². The molecule has 0 aliphatic carbocycles. The predicted octanol–water partition coefficient (Wildman–Crippen LogP) is 3.98. The predicted molar refractivity (Wildman–Crippen MR) is 74.6 cm³/mol. The molecular weight excluding hydrogens is 310 g/mol. The van der Waals surface area contributed by atoms with E-state index in [0.717, 1.165) is 10.0 Å². The summed E-state index contributed by atoms with van der Waals surface area (Å²) in [6.45, 7) is 5.63. The molecule has 0 saturated carbocycles. The Kier molecular flexibility index (Phi) is 4.71. The first-order chi connectivity index (χ1) is 7.32. The van der Waals surface area contributed by atoms with Crippen molar-refractivity contribution in [3.05, 3.63) is 33.3 Å². The lowest BCUT2D eigenvalue weighted by Crippen LogP contribution is -2.19. The van der Waals surface area contributed by atoms with Gasteiger partial charge in [0.1, 0.15) is 11.0 Å². The van der Waals surface area contributed by atoms with Gasteiger partial charge in [0, 0.05) is 16.3 Å². The lowest BCUT2D eigenvalue weighted by molar-refractivity contribution is 0.651. The van der Waals surface area contributed by atoms with E-state index >= 15 is 0 Å². The van der Waals surface area contributed by atoms with Gasteiger partial charge < -0.3 is 0 Å². The minimum atomic E-state index is -1.26.